The van der Waals surface area contributed by atoms with Crippen molar-refractivity contribution in [3.8, 4) is 11.5 Å². The Labute approximate surface area is 357 Å². The third-order valence-electron chi connectivity index (χ3n) is 9.95. The average Bonchev–Trinajstić information content (AvgIpc) is 3.24. The molecule has 0 N–H and O–H groups in total. The van der Waals surface area contributed by atoms with Crippen molar-refractivity contribution in [3.63, 3.8) is 0 Å². The number of carbonyl (C=O) groups excluding carboxylic acids is 4. The predicted molar refractivity (Wildman–Crippen MR) is 228 cm³/mol. The van der Waals surface area contributed by atoms with E-state index in [9.17, 15) is 19.2 Å². The van der Waals surface area contributed by atoms with Crippen LogP contribution in [0.4, 0.5) is 0 Å². The van der Waals surface area contributed by atoms with Crippen LogP contribution in [0.5, 0.6) is 11.5 Å². The third-order valence-corrected chi connectivity index (χ3v) is 9.95. The van der Waals surface area contributed by atoms with E-state index < -0.39 is 12.2 Å². The molecule has 1 saturated carbocycles. The Kier molecular flexibility index (Phi) is 25.1. The highest BCUT2D eigenvalue weighted by molar-refractivity contribution is 5.87. The van der Waals surface area contributed by atoms with Gasteiger partial charge in [-0.2, -0.15) is 0 Å². The molecule has 0 aromatic heterocycles. The molecule has 2 unspecified atom stereocenters. The van der Waals surface area contributed by atoms with Gasteiger partial charge in [0.25, 0.3) is 0 Å². The lowest BCUT2D eigenvalue weighted by Gasteiger charge is -2.29. The molecule has 0 heterocycles. The highest BCUT2D eigenvalue weighted by Crippen LogP contribution is 2.29. The zero-order valence-corrected chi connectivity index (χ0v) is 36.0. The topological polar surface area (TPSA) is 142 Å². The van der Waals surface area contributed by atoms with Gasteiger partial charge in [-0.1, -0.05) is 75.2 Å². The Balaban J connectivity index is 1.34. The zero-order chi connectivity index (χ0) is 43.2. The molecule has 332 valence electrons. The van der Waals surface area contributed by atoms with Crippen LogP contribution in [0, 0.1) is 11.8 Å². The molecule has 2 aromatic rings. The number of unbranched alkanes of at least 4 members (excludes halogenated alkanes) is 6. The van der Waals surface area contributed by atoms with Gasteiger partial charge in [-0.05, 0) is 101 Å². The van der Waals surface area contributed by atoms with Crippen molar-refractivity contribution >= 4 is 23.9 Å². The summed E-state index contributed by atoms with van der Waals surface area (Å²) in [4.78, 5) is 48.5. The van der Waals surface area contributed by atoms with Gasteiger partial charge in [-0.15, -0.1) is 0 Å². The summed E-state index contributed by atoms with van der Waals surface area (Å²) in [5.41, 5.74) is 0.768. The summed E-state index contributed by atoms with van der Waals surface area (Å²) in [5.74, 6) is 0.843. The van der Waals surface area contributed by atoms with Gasteiger partial charge >= 0.3 is 23.9 Å². The minimum absolute atomic E-state index is 0.191. The van der Waals surface area contributed by atoms with Crippen molar-refractivity contribution in [1.82, 2.24) is 0 Å². The van der Waals surface area contributed by atoms with Gasteiger partial charge in [0.15, 0.2) is 12.2 Å². The Hall–Kier alpha value is -4.68. The van der Waals surface area contributed by atoms with Gasteiger partial charge in [0.05, 0.1) is 26.4 Å². The smallest absolute Gasteiger partial charge is 0.333 e. The number of rotatable bonds is 32. The fourth-order valence-corrected chi connectivity index (χ4v) is 6.46. The van der Waals surface area contributed by atoms with Gasteiger partial charge in [0.2, 0.25) is 0 Å². The van der Waals surface area contributed by atoms with E-state index >= 15 is 0 Å². The van der Waals surface area contributed by atoms with Crippen LogP contribution in [-0.2, 0) is 47.6 Å². The molecular weight excluding hydrogens is 769 g/mol. The molecule has 60 heavy (non-hydrogen) atoms. The molecule has 1 aliphatic carbocycles. The zero-order valence-electron chi connectivity index (χ0n) is 36.0. The van der Waals surface area contributed by atoms with E-state index in [-0.39, 0.29) is 50.3 Å². The van der Waals surface area contributed by atoms with Crippen LogP contribution in [0.3, 0.4) is 0 Å². The van der Waals surface area contributed by atoms with E-state index in [0.29, 0.717) is 86.6 Å². The van der Waals surface area contributed by atoms with Crippen molar-refractivity contribution in [1.29, 1.82) is 0 Å². The summed E-state index contributed by atoms with van der Waals surface area (Å²) in [7, 11) is 0. The summed E-state index contributed by atoms with van der Waals surface area (Å²) in [5, 5.41) is 0. The fraction of sp³-hybridized carbons (Fsp3) is 0.583. The van der Waals surface area contributed by atoms with Crippen molar-refractivity contribution in [3.05, 3.63) is 85.0 Å². The molecule has 0 radical (unpaired) electrons. The summed E-state index contributed by atoms with van der Waals surface area (Å²) in [6, 6.07) is 18.8. The minimum atomic E-state index is -0.540. The second-order valence-electron chi connectivity index (χ2n) is 15.6. The first-order chi connectivity index (χ1) is 29.1. The molecule has 3 rings (SSSR count). The minimum Gasteiger partial charge on any atom is -0.490 e. The van der Waals surface area contributed by atoms with Gasteiger partial charge < -0.3 is 37.9 Å². The summed E-state index contributed by atoms with van der Waals surface area (Å²) in [6.45, 7) is 13.1. The fourth-order valence-electron chi connectivity index (χ4n) is 6.46. The lowest BCUT2D eigenvalue weighted by atomic mass is 9.83. The second kappa shape index (κ2) is 30.4. The number of hydrogen-bond donors (Lipinski definition) is 0. The summed E-state index contributed by atoms with van der Waals surface area (Å²) in [6.07, 6.45) is 9.66. The summed E-state index contributed by atoms with van der Waals surface area (Å²) < 4.78 is 46.0. The quantitative estimate of drug-likeness (QED) is 0.0301. The average molecular weight is 837 g/mol. The van der Waals surface area contributed by atoms with E-state index in [2.05, 4.69) is 13.2 Å². The first-order valence-corrected chi connectivity index (χ1v) is 21.6. The molecular formula is C48H68O12. The van der Waals surface area contributed by atoms with Gasteiger partial charge in [-0.3, -0.25) is 9.59 Å². The molecule has 1 aliphatic rings. The third kappa shape index (κ3) is 23.2. The molecule has 2 atom stereocenters. The Morgan fingerprint density at radius 1 is 0.533 bits per heavy atom. The molecule has 0 bridgehead atoms. The molecule has 0 amide bonds. The van der Waals surface area contributed by atoms with Gasteiger partial charge in [-0.25, -0.2) is 9.59 Å². The Morgan fingerprint density at radius 2 is 0.900 bits per heavy atom. The number of esters is 4. The predicted octanol–water partition coefficient (Wildman–Crippen LogP) is 8.95. The molecule has 12 heteroatoms. The van der Waals surface area contributed by atoms with Gasteiger partial charge in [0, 0.05) is 37.2 Å². The van der Waals surface area contributed by atoms with Crippen molar-refractivity contribution < 1.29 is 57.1 Å². The molecule has 1 fully saturated rings. The van der Waals surface area contributed by atoms with E-state index in [0.717, 1.165) is 64.2 Å². The lowest BCUT2D eigenvalue weighted by molar-refractivity contribution is -0.155. The highest BCUT2D eigenvalue weighted by Gasteiger charge is 2.24. The number of benzene rings is 2. The lowest BCUT2D eigenvalue weighted by Crippen LogP contribution is -2.32. The van der Waals surface area contributed by atoms with Crippen LogP contribution in [0.15, 0.2) is 85.0 Å². The van der Waals surface area contributed by atoms with E-state index in [4.69, 9.17) is 37.9 Å². The maximum Gasteiger partial charge on any atom is 0.333 e. The van der Waals surface area contributed by atoms with Gasteiger partial charge in [0.1, 0.15) is 24.7 Å². The monoisotopic (exact) mass is 836 g/mol. The van der Waals surface area contributed by atoms with Crippen LogP contribution in [0.1, 0.15) is 104 Å². The van der Waals surface area contributed by atoms with Crippen LogP contribution >= 0.6 is 0 Å². The molecule has 12 nitrogen and oxygen atoms in total. The molecule has 0 aliphatic heterocycles. The molecule has 2 aromatic carbocycles. The van der Waals surface area contributed by atoms with E-state index in [1.807, 2.05) is 60.7 Å². The van der Waals surface area contributed by atoms with Crippen LogP contribution < -0.4 is 9.47 Å². The standard InChI is InChI=1S/C48H68O12/c1-37(2)47(51)55-29-17-7-5-15-23-45(49)59-43(35-57-41-19-11-9-12-20-41)33-53-31-39-25-27-40(28-26-39)32-54-34-44(36-58-42-21-13-10-14-22-42)60-46(50)24-16-6-8-18-30-56-48(52)38(3)4/h9-14,19-22,39-40,43-44H,1,3,5-8,15-18,23-36H2,2,4H3. The SMILES string of the molecule is C=C(C)C(=O)OCCCCCCC(=O)OC(COCC1CCC(COCC(COc2ccccc2)OC(=O)CCCCCCOC(=O)C(=C)C)CC1)COc1ccccc1. The number of ether oxygens (including phenoxy) is 8. The largest absolute Gasteiger partial charge is 0.490 e. The van der Waals surface area contributed by atoms with Crippen molar-refractivity contribution in [2.75, 3.05) is 52.9 Å². The van der Waals surface area contributed by atoms with Crippen LogP contribution in [0.25, 0.3) is 0 Å². The molecule has 0 saturated heterocycles. The highest BCUT2D eigenvalue weighted by atomic mass is 16.6. The second-order valence-corrected chi connectivity index (χ2v) is 15.6. The number of carbonyl (C=O) groups is 4. The van der Waals surface area contributed by atoms with Crippen LogP contribution in [-0.4, -0.2) is 88.9 Å². The maximum absolute atomic E-state index is 12.7. The van der Waals surface area contributed by atoms with Crippen molar-refractivity contribution in [2.24, 2.45) is 11.8 Å². The normalized spacial score (nSPS) is 15.8. The van der Waals surface area contributed by atoms with E-state index in [1.54, 1.807) is 13.8 Å². The number of para-hydroxylation sites is 2. The first-order valence-electron chi connectivity index (χ1n) is 21.6. The Morgan fingerprint density at radius 3 is 1.27 bits per heavy atom. The number of hydrogen-bond acceptors (Lipinski definition) is 12. The van der Waals surface area contributed by atoms with E-state index in [1.165, 1.54) is 0 Å². The maximum atomic E-state index is 12.7. The summed E-state index contributed by atoms with van der Waals surface area (Å²) >= 11 is 0. The first kappa shape index (κ1) is 49.7. The molecule has 0 spiro atoms. The van der Waals surface area contributed by atoms with Crippen LogP contribution in [0.2, 0.25) is 0 Å². The van der Waals surface area contributed by atoms with Crippen molar-refractivity contribution in [2.45, 2.75) is 116 Å². The Bertz CT molecular complexity index is 1420.